The van der Waals surface area contributed by atoms with E-state index in [1.165, 1.54) is 12.8 Å². The van der Waals surface area contributed by atoms with Crippen LogP contribution in [0, 0.1) is 17.8 Å². The number of rotatable bonds is 7. The number of imidazole rings is 1. The number of aryl methyl sites for hydroxylation is 1. The van der Waals surface area contributed by atoms with Crippen LogP contribution in [0.25, 0.3) is 5.65 Å². The van der Waals surface area contributed by atoms with Crippen LogP contribution in [0.1, 0.15) is 79.8 Å². The second-order valence-electron chi connectivity index (χ2n) is 10.6. The number of halogens is 3. The van der Waals surface area contributed by atoms with Crippen LogP contribution in [0.3, 0.4) is 0 Å². The van der Waals surface area contributed by atoms with E-state index in [-0.39, 0.29) is 43.2 Å². The number of carbonyl (C=O) groups is 2. The number of fused-ring (bicyclic) bond motifs is 1. The molecule has 5 rings (SSSR count). The lowest BCUT2D eigenvalue weighted by atomic mass is 9.86. The van der Waals surface area contributed by atoms with E-state index in [0.717, 1.165) is 25.7 Å². The molecule has 2 aliphatic rings. The molecule has 2 fully saturated rings. The van der Waals surface area contributed by atoms with Gasteiger partial charge in [-0.05, 0) is 50.3 Å². The van der Waals surface area contributed by atoms with E-state index < -0.39 is 18.0 Å². The van der Waals surface area contributed by atoms with Crippen LogP contribution in [0.5, 0.6) is 0 Å². The van der Waals surface area contributed by atoms with E-state index in [0.29, 0.717) is 29.3 Å². The van der Waals surface area contributed by atoms with Crippen molar-refractivity contribution in [1.82, 2.24) is 35.0 Å². The predicted octanol–water partition coefficient (Wildman–Crippen LogP) is 4.24. The highest BCUT2D eigenvalue weighted by atomic mass is 19.4. The lowest BCUT2D eigenvalue weighted by molar-refractivity contribution is -0.183. The summed E-state index contributed by atoms with van der Waals surface area (Å²) in [4.78, 5) is 30.4. The van der Waals surface area contributed by atoms with Crippen molar-refractivity contribution in [3.8, 4) is 0 Å². The van der Waals surface area contributed by atoms with Crippen molar-refractivity contribution >= 4 is 17.5 Å². The summed E-state index contributed by atoms with van der Waals surface area (Å²) in [6.45, 7) is 2.12. The third-order valence-electron chi connectivity index (χ3n) is 8.00. The number of hydrogen-bond donors (Lipinski definition) is 2. The maximum Gasteiger partial charge on any atom is 0.393 e. The number of carbonyl (C=O) groups excluding carboxylic acids is 2. The van der Waals surface area contributed by atoms with Gasteiger partial charge < -0.3 is 10.6 Å². The normalized spacial score (nSPS) is 21.9. The molecule has 3 aromatic heterocycles. The number of hydrogen-bond acceptors (Lipinski definition) is 5. The Morgan fingerprint density at radius 1 is 1.18 bits per heavy atom. The van der Waals surface area contributed by atoms with Crippen LogP contribution in [-0.4, -0.2) is 48.9 Å². The number of amides is 2. The molecule has 3 aromatic rings. The average Bonchev–Trinajstić information content (AvgIpc) is 3.47. The van der Waals surface area contributed by atoms with Gasteiger partial charge in [0.2, 0.25) is 5.91 Å². The maximum absolute atomic E-state index is 13.3. The Labute approximate surface area is 224 Å². The van der Waals surface area contributed by atoms with Gasteiger partial charge in [0, 0.05) is 31.6 Å². The van der Waals surface area contributed by atoms with Crippen molar-refractivity contribution in [2.45, 2.75) is 77.1 Å². The molecule has 1 saturated heterocycles. The molecule has 4 heterocycles. The SMILES string of the molecule is CCn1nccc1C(=O)N[C@H](c1cn2nc(C[C@@H]3C[C@H](C(F)(F)F)CNC3=O)ccc2n1)C1CCCCCC1. The molecule has 1 aliphatic heterocycles. The van der Waals surface area contributed by atoms with E-state index >= 15 is 0 Å². The molecule has 210 valence electrons. The molecule has 0 unspecified atom stereocenters. The largest absolute Gasteiger partial charge is 0.393 e. The second-order valence-corrected chi connectivity index (χ2v) is 10.6. The van der Waals surface area contributed by atoms with Gasteiger partial charge in [0.25, 0.3) is 5.91 Å². The summed E-state index contributed by atoms with van der Waals surface area (Å²) in [5.74, 6) is -2.75. The fraction of sp³-hybridized carbons (Fsp3) is 0.593. The van der Waals surface area contributed by atoms with E-state index in [9.17, 15) is 22.8 Å². The number of aromatic nitrogens is 5. The average molecular weight is 546 g/mol. The number of nitrogens with one attached hydrogen (secondary N) is 2. The summed E-state index contributed by atoms with van der Waals surface area (Å²) in [5, 5.41) is 14.4. The lowest BCUT2D eigenvalue weighted by Crippen LogP contribution is -2.47. The summed E-state index contributed by atoms with van der Waals surface area (Å²) < 4.78 is 43.0. The first-order chi connectivity index (χ1) is 18.7. The van der Waals surface area contributed by atoms with Gasteiger partial charge in [0.05, 0.1) is 29.5 Å². The minimum Gasteiger partial charge on any atom is -0.355 e. The van der Waals surface area contributed by atoms with Gasteiger partial charge in [-0.25, -0.2) is 9.50 Å². The van der Waals surface area contributed by atoms with Crippen molar-refractivity contribution in [3.05, 3.63) is 47.7 Å². The van der Waals surface area contributed by atoms with Crippen LogP contribution >= 0.6 is 0 Å². The first-order valence-corrected chi connectivity index (χ1v) is 13.7. The molecule has 12 heteroatoms. The Morgan fingerprint density at radius 2 is 1.95 bits per heavy atom. The van der Waals surface area contributed by atoms with Gasteiger partial charge >= 0.3 is 6.18 Å². The molecule has 1 saturated carbocycles. The second kappa shape index (κ2) is 11.4. The Bertz CT molecular complexity index is 1310. The van der Waals surface area contributed by atoms with Gasteiger partial charge in [0.15, 0.2) is 5.65 Å². The van der Waals surface area contributed by atoms with E-state index in [2.05, 4.69) is 20.8 Å². The first-order valence-electron chi connectivity index (χ1n) is 13.7. The van der Waals surface area contributed by atoms with Gasteiger partial charge in [-0.1, -0.05) is 25.7 Å². The standard InChI is InChI=1S/C27H34F3N7O2/c1-2-36-22(11-12-32-36)26(39)34-24(17-7-5-3-4-6-8-17)21-16-37-23(33-21)10-9-20(35-37)14-18-13-19(27(28,29)30)15-31-25(18)38/h9-12,16-19,24H,2-8,13-15H2,1H3,(H,31,38)(H,34,39)/t18-,19-,24-/m0/s1. The Hall–Kier alpha value is -3.44. The number of piperidine rings is 1. The number of nitrogens with zero attached hydrogens (tertiary/aromatic N) is 5. The molecule has 1 aliphatic carbocycles. The third-order valence-corrected chi connectivity index (χ3v) is 8.00. The smallest absolute Gasteiger partial charge is 0.355 e. The zero-order valence-electron chi connectivity index (χ0n) is 22.0. The monoisotopic (exact) mass is 545 g/mol. The van der Waals surface area contributed by atoms with E-state index in [1.807, 2.05) is 6.92 Å². The van der Waals surface area contributed by atoms with Gasteiger partial charge in [-0.15, -0.1) is 0 Å². The third kappa shape index (κ3) is 6.09. The molecule has 0 radical (unpaired) electrons. The Morgan fingerprint density at radius 3 is 2.67 bits per heavy atom. The van der Waals surface area contributed by atoms with Crippen molar-refractivity contribution in [2.24, 2.45) is 17.8 Å². The highest BCUT2D eigenvalue weighted by Crippen LogP contribution is 2.35. The summed E-state index contributed by atoms with van der Waals surface area (Å²) in [6, 6.07) is 4.84. The van der Waals surface area contributed by atoms with Crippen LogP contribution < -0.4 is 10.6 Å². The molecular weight excluding hydrogens is 511 g/mol. The Kier molecular flexibility index (Phi) is 7.90. The van der Waals surface area contributed by atoms with Crippen molar-refractivity contribution in [3.63, 3.8) is 0 Å². The fourth-order valence-corrected chi connectivity index (χ4v) is 5.85. The highest BCUT2D eigenvalue weighted by molar-refractivity contribution is 5.92. The molecule has 39 heavy (non-hydrogen) atoms. The Balaban J connectivity index is 1.39. The molecule has 0 aromatic carbocycles. The quantitative estimate of drug-likeness (QED) is 0.432. The van der Waals surface area contributed by atoms with Crippen LogP contribution in [0.4, 0.5) is 13.2 Å². The van der Waals surface area contributed by atoms with Crippen molar-refractivity contribution in [1.29, 1.82) is 0 Å². The van der Waals surface area contributed by atoms with E-state index in [1.54, 1.807) is 39.8 Å². The lowest BCUT2D eigenvalue weighted by Gasteiger charge is -2.30. The van der Waals surface area contributed by atoms with Gasteiger partial charge in [0.1, 0.15) is 5.69 Å². The minimum absolute atomic E-state index is 0.103. The van der Waals surface area contributed by atoms with Crippen molar-refractivity contribution in [2.75, 3.05) is 6.54 Å². The molecule has 0 spiro atoms. The van der Waals surface area contributed by atoms with Crippen molar-refractivity contribution < 1.29 is 22.8 Å². The van der Waals surface area contributed by atoms with Crippen LogP contribution in [0.2, 0.25) is 0 Å². The van der Waals surface area contributed by atoms with Gasteiger partial charge in [-0.2, -0.15) is 23.4 Å². The highest BCUT2D eigenvalue weighted by Gasteiger charge is 2.44. The van der Waals surface area contributed by atoms with Crippen LogP contribution in [-0.2, 0) is 17.8 Å². The molecule has 3 atom stereocenters. The first kappa shape index (κ1) is 27.1. The molecular formula is C27H34F3N7O2. The zero-order valence-corrected chi connectivity index (χ0v) is 22.0. The van der Waals surface area contributed by atoms with Crippen LogP contribution in [0.15, 0.2) is 30.6 Å². The summed E-state index contributed by atoms with van der Waals surface area (Å²) in [5.41, 5.74) is 2.26. The fourth-order valence-electron chi connectivity index (χ4n) is 5.85. The predicted molar refractivity (Wildman–Crippen MR) is 137 cm³/mol. The zero-order chi connectivity index (χ0) is 27.6. The molecule has 0 bridgehead atoms. The number of alkyl halides is 3. The summed E-state index contributed by atoms with van der Waals surface area (Å²) in [6.07, 6.45) is 5.34. The van der Waals surface area contributed by atoms with Gasteiger partial charge in [-0.3, -0.25) is 14.3 Å². The topological polar surface area (TPSA) is 106 Å². The molecule has 2 amide bonds. The molecule has 2 N–H and O–H groups in total. The summed E-state index contributed by atoms with van der Waals surface area (Å²) >= 11 is 0. The maximum atomic E-state index is 13.3. The molecule has 9 nitrogen and oxygen atoms in total. The summed E-state index contributed by atoms with van der Waals surface area (Å²) in [7, 11) is 0. The minimum atomic E-state index is -4.35. The van der Waals surface area contributed by atoms with E-state index in [4.69, 9.17) is 4.98 Å².